The zero-order valence-corrected chi connectivity index (χ0v) is 10.6. The maximum Gasteiger partial charge on any atom is 0.225 e. The Bertz CT molecular complexity index is 340. The highest BCUT2D eigenvalue weighted by atomic mass is 32.2. The number of nitrogens with zero attached hydrogens (tertiary/aromatic N) is 3. The summed E-state index contributed by atoms with van der Waals surface area (Å²) in [6.45, 7) is 6.02. The quantitative estimate of drug-likeness (QED) is 0.841. The Morgan fingerprint density at radius 2 is 2.12 bits per heavy atom. The molecular formula is C11H18N4S. The predicted octanol–water partition coefficient (Wildman–Crippen LogP) is 1.27. The second-order valence-electron chi connectivity index (χ2n) is 4.11. The van der Waals surface area contributed by atoms with Crippen LogP contribution in [0.2, 0.25) is 0 Å². The topological polar surface area (TPSA) is 55.0 Å². The van der Waals surface area contributed by atoms with Crippen molar-refractivity contribution >= 4 is 17.7 Å². The molecule has 0 radical (unpaired) electrons. The first-order chi connectivity index (χ1) is 7.72. The first kappa shape index (κ1) is 11.7. The van der Waals surface area contributed by atoms with Crippen molar-refractivity contribution in [2.45, 2.75) is 31.7 Å². The number of anilines is 1. The van der Waals surface area contributed by atoms with E-state index in [9.17, 15) is 0 Å². The second kappa shape index (κ2) is 5.01. The van der Waals surface area contributed by atoms with Gasteiger partial charge in [-0.3, -0.25) is 0 Å². The van der Waals surface area contributed by atoms with Crippen LogP contribution in [0.4, 0.5) is 5.95 Å². The van der Waals surface area contributed by atoms with Crippen molar-refractivity contribution in [2.75, 3.05) is 17.2 Å². The van der Waals surface area contributed by atoms with Gasteiger partial charge in [-0.05, 0) is 6.92 Å². The smallest absolute Gasteiger partial charge is 0.225 e. The number of aromatic nitrogens is 2. The van der Waals surface area contributed by atoms with Crippen LogP contribution < -0.4 is 10.6 Å². The van der Waals surface area contributed by atoms with Crippen LogP contribution in [0.25, 0.3) is 0 Å². The molecule has 2 unspecified atom stereocenters. The fourth-order valence-electron chi connectivity index (χ4n) is 1.82. The van der Waals surface area contributed by atoms with Crippen molar-refractivity contribution in [1.82, 2.24) is 9.97 Å². The molecule has 88 valence electrons. The molecule has 1 saturated heterocycles. The molecule has 0 amide bonds. The molecule has 1 aromatic rings. The van der Waals surface area contributed by atoms with Gasteiger partial charge in [-0.1, -0.05) is 6.92 Å². The van der Waals surface area contributed by atoms with Crippen molar-refractivity contribution < 1.29 is 0 Å². The summed E-state index contributed by atoms with van der Waals surface area (Å²) >= 11 is 2.02. The van der Waals surface area contributed by atoms with Crippen molar-refractivity contribution in [1.29, 1.82) is 0 Å². The lowest BCUT2D eigenvalue weighted by molar-refractivity contribution is 0.611. The van der Waals surface area contributed by atoms with Crippen LogP contribution in [-0.2, 0) is 6.54 Å². The van der Waals surface area contributed by atoms with Crippen LogP contribution in [0.5, 0.6) is 0 Å². The lowest BCUT2D eigenvalue weighted by Gasteiger charge is -2.37. The van der Waals surface area contributed by atoms with Gasteiger partial charge in [0.1, 0.15) is 0 Å². The number of hydrogen-bond acceptors (Lipinski definition) is 5. The highest BCUT2D eigenvalue weighted by Crippen LogP contribution is 2.26. The largest absolute Gasteiger partial charge is 0.336 e. The molecule has 16 heavy (non-hydrogen) atoms. The van der Waals surface area contributed by atoms with Crippen LogP contribution in [0.3, 0.4) is 0 Å². The summed E-state index contributed by atoms with van der Waals surface area (Å²) in [5, 5.41) is 0.631. The third-order valence-electron chi connectivity index (χ3n) is 3.07. The van der Waals surface area contributed by atoms with Gasteiger partial charge in [0.2, 0.25) is 5.95 Å². The Hall–Kier alpha value is -0.810. The molecule has 0 bridgehead atoms. The van der Waals surface area contributed by atoms with E-state index in [0.29, 0.717) is 17.8 Å². The van der Waals surface area contributed by atoms with Crippen LogP contribution in [0.15, 0.2) is 12.4 Å². The Kier molecular flexibility index (Phi) is 3.66. The van der Waals surface area contributed by atoms with E-state index < -0.39 is 0 Å². The average Bonchev–Trinajstić information content (AvgIpc) is 2.33. The summed E-state index contributed by atoms with van der Waals surface area (Å²) in [6.07, 6.45) is 3.64. The Morgan fingerprint density at radius 3 is 2.75 bits per heavy atom. The molecule has 2 atom stereocenters. The monoisotopic (exact) mass is 238 g/mol. The minimum Gasteiger partial charge on any atom is -0.336 e. The summed E-state index contributed by atoms with van der Waals surface area (Å²) in [4.78, 5) is 11.0. The third kappa shape index (κ3) is 2.30. The molecule has 2 rings (SSSR count). The molecule has 0 aliphatic carbocycles. The van der Waals surface area contributed by atoms with Gasteiger partial charge in [-0.25, -0.2) is 9.97 Å². The number of rotatable bonds is 2. The summed E-state index contributed by atoms with van der Waals surface area (Å²) in [5.74, 6) is 1.98. The summed E-state index contributed by atoms with van der Waals surface area (Å²) in [5.41, 5.74) is 6.51. The zero-order valence-electron chi connectivity index (χ0n) is 9.76. The molecule has 1 aliphatic rings. The van der Waals surface area contributed by atoms with Crippen molar-refractivity contribution in [3.8, 4) is 0 Å². The molecule has 4 nitrogen and oxygen atoms in total. The summed E-state index contributed by atoms with van der Waals surface area (Å²) in [7, 11) is 0. The van der Waals surface area contributed by atoms with Gasteiger partial charge < -0.3 is 10.6 Å². The normalized spacial score (nSPS) is 25.8. The van der Waals surface area contributed by atoms with Gasteiger partial charge in [0, 0.05) is 48.1 Å². The van der Waals surface area contributed by atoms with Crippen LogP contribution in [0.1, 0.15) is 19.4 Å². The van der Waals surface area contributed by atoms with Gasteiger partial charge in [-0.15, -0.1) is 0 Å². The molecule has 0 saturated carbocycles. The standard InChI is InChI=1S/C11H18N4S/c1-8-9(2)16-4-3-15(8)11-13-6-10(5-12)7-14-11/h6-9H,3-5,12H2,1-2H3. The number of hydrogen-bond donors (Lipinski definition) is 1. The van der Waals surface area contributed by atoms with Gasteiger partial charge in [0.25, 0.3) is 0 Å². The van der Waals surface area contributed by atoms with Gasteiger partial charge in [0.15, 0.2) is 0 Å². The Morgan fingerprint density at radius 1 is 1.44 bits per heavy atom. The second-order valence-corrected chi connectivity index (χ2v) is 5.59. The molecule has 1 aromatic heterocycles. The van der Waals surface area contributed by atoms with E-state index in [4.69, 9.17) is 5.73 Å². The summed E-state index contributed by atoms with van der Waals surface area (Å²) in [6, 6.07) is 0.488. The molecular weight excluding hydrogens is 220 g/mol. The highest BCUT2D eigenvalue weighted by Gasteiger charge is 2.26. The maximum absolute atomic E-state index is 5.53. The molecule has 2 N–H and O–H groups in total. The van der Waals surface area contributed by atoms with E-state index in [2.05, 4.69) is 28.7 Å². The van der Waals surface area contributed by atoms with Crippen molar-refractivity contribution in [3.63, 3.8) is 0 Å². The number of thioether (sulfide) groups is 1. The molecule has 2 heterocycles. The lowest BCUT2D eigenvalue weighted by atomic mass is 10.2. The molecule has 0 spiro atoms. The first-order valence-corrected chi connectivity index (χ1v) is 6.66. The Balaban J connectivity index is 2.15. The van der Waals surface area contributed by atoms with Crippen LogP contribution >= 0.6 is 11.8 Å². The first-order valence-electron chi connectivity index (χ1n) is 5.61. The van der Waals surface area contributed by atoms with E-state index >= 15 is 0 Å². The number of nitrogens with two attached hydrogens (primary N) is 1. The third-order valence-corrected chi connectivity index (χ3v) is 4.41. The highest BCUT2D eigenvalue weighted by molar-refractivity contribution is 8.00. The average molecular weight is 238 g/mol. The molecule has 5 heteroatoms. The van der Waals surface area contributed by atoms with E-state index in [0.717, 1.165) is 23.8 Å². The van der Waals surface area contributed by atoms with E-state index in [1.54, 1.807) is 0 Å². The minimum absolute atomic E-state index is 0.488. The van der Waals surface area contributed by atoms with Gasteiger partial charge in [-0.2, -0.15) is 11.8 Å². The fraction of sp³-hybridized carbons (Fsp3) is 0.636. The van der Waals surface area contributed by atoms with E-state index in [-0.39, 0.29) is 0 Å². The SMILES string of the molecule is CC1SCCN(c2ncc(CN)cn2)C1C. The fourth-order valence-corrected chi connectivity index (χ4v) is 2.92. The van der Waals surface area contributed by atoms with Crippen molar-refractivity contribution in [3.05, 3.63) is 18.0 Å². The van der Waals surface area contributed by atoms with Gasteiger partial charge >= 0.3 is 0 Å². The zero-order chi connectivity index (χ0) is 11.5. The minimum atomic E-state index is 0.488. The van der Waals surface area contributed by atoms with Crippen molar-refractivity contribution in [2.24, 2.45) is 5.73 Å². The van der Waals surface area contributed by atoms with Gasteiger partial charge in [0.05, 0.1) is 0 Å². The predicted molar refractivity (Wildman–Crippen MR) is 68.7 cm³/mol. The van der Waals surface area contributed by atoms with E-state index in [1.807, 2.05) is 24.2 Å². The molecule has 1 aliphatic heterocycles. The van der Waals surface area contributed by atoms with Crippen LogP contribution in [-0.4, -0.2) is 33.6 Å². The molecule has 0 aromatic carbocycles. The molecule has 1 fully saturated rings. The maximum atomic E-state index is 5.53. The van der Waals surface area contributed by atoms with E-state index in [1.165, 1.54) is 0 Å². The lowest BCUT2D eigenvalue weighted by Crippen LogP contribution is -2.45. The Labute approximate surface area is 101 Å². The van der Waals surface area contributed by atoms with Crippen LogP contribution in [0, 0.1) is 0 Å². The summed E-state index contributed by atoms with van der Waals surface area (Å²) < 4.78 is 0.